The van der Waals surface area contributed by atoms with Crippen LogP contribution in [0.3, 0.4) is 0 Å². The number of benzene rings is 8. The third-order valence-electron chi connectivity index (χ3n) is 10.9. The van der Waals surface area contributed by atoms with Gasteiger partial charge in [0.2, 0.25) is 0 Å². The third kappa shape index (κ3) is 6.41. The predicted molar refractivity (Wildman–Crippen MR) is 240 cm³/mol. The predicted octanol–water partition coefficient (Wildman–Crippen LogP) is 14.0. The second-order valence-corrected chi connectivity index (χ2v) is 14.6. The van der Waals surface area contributed by atoms with Crippen molar-refractivity contribution in [3.8, 4) is 78.8 Å². The molecule has 3 aromatic heterocycles. The summed E-state index contributed by atoms with van der Waals surface area (Å²) >= 11 is 0. The van der Waals surface area contributed by atoms with E-state index in [1.165, 1.54) is 0 Å². The number of rotatable bonds is 7. The van der Waals surface area contributed by atoms with E-state index in [-0.39, 0.29) is 0 Å². The van der Waals surface area contributed by atoms with E-state index in [4.69, 9.17) is 24.4 Å². The molecule has 0 spiro atoms. The number of hydrogen-bond acceptors (Lipinski definition) is 5. The van der Waals surface area contributed by atoms with Crippen LogP contribution in [0.1, 0.15) is 0 Å². The van der Waals surface area contributed by atoms with Crippen molar-refractivity contribution < 1.29 is 4.42 Å². The molecule has 0 N–H and O–H groups in total. The first-order valence-corrected chi connectivity index (χ1v) is 19.7. The Morgan fingerprint density at radius 3 is 1.32 bits per heavy atom. The lowest BCUT2D eigenvalue weighted by Gasteiger charge is -2.11. The fourth-order valence-corrected chi connectivity index (χ4v) is 7.95. The van der Waals surface area contributed by atoms with Crippen LogP contribution in [0.25, 0.3) is 112 Å². The molecule has 0 saturated heterocycles. The summed E-state index contributed by atoms with van der Waals surface area (Å²) < 4.78 is 6.64. The summed E-state index contributed by atoms with van der Waals surface area (Å²) in [7, 11) is 0. The van der Waals surface area contributed by atoms with Crippen LogP contribution >= 0.6 is 0 Å². The maximum Gasteiger partial charge on any atom is 0.164 e. The van der Waals surface area contributed by atoms with E-state index < -0.39 is 0 Å². The van der Waals surface area contributed by atoms with Gasteiger partial charge in [0.05, 0.1) is 5.52 Å². The largest absolute Gasteiger partial charge is 0.454 e. The lowest BCUT2D eigenvalue weighted by Crippen LogP contribution is -2.00. The van der Waals surface area contributed by atoms with E-state index in [1.54, 1.807) is 0 Å². The number of pyridine rings is 1. The summed E-state index contributed by atoms with van der Waals surface area (Å²) in [4.78, 5) is 20.7. The van der Waals surface area contributed by atoms with Crippen LogP contribution in [0, 0.1) is 0 Å². The van der Waals surface area contributed by atoms with Crippen LogP contribution in [0.2, 0.25) is 0 Å². The Bertz CT molecular complexity index is 3190. The Kier molecular flexibility index (Phi) is 8.41. The molecule has 0 radical (unpaired) electrons. The van der Waals surface area contributed by atoms with E-state index in [0.29, 0.717) is 17.5 Å². The normalized spacial score (nSPS) is 11.4. The van der Waals surface area contributed by atoms with Crippen LogP contribution < -0.4 is 0 Å². The summed E-state index contributed by atoms with van der Waals surface area (Å²) in [5, 5.41) is 3.16. The lowest BCUT2D eigenvalue weighted by atomic mass is 9.99. The molecule has 3 heterocycles. The number of nitrogens with zero attached hydrogens (tertiary/aromatic N) is 4. The number of para-hydroxylation sites is 1. The fourth-order valence-electron chi connectivity index (χ4n) is 7.95. The zero-order valence-electron chi connectivity index (χ0n) is 31.8. The Morgan fingerprint density at radius 1 is 0.288 bits per heavy atom. The minimum Gasteiger partial charge on any atom is -0.454 e. The molecule has 0 aliphatic carbocycles. The first kappa shape index (κ1) is 34.2. The monoisotopic (exact) mass is 754 g/mol. The van der Waals surface area contributed by atoms with Crippen molar-refractivity contribution in [1.82, 2.24) is 19.9 Å². The van der Waals surface area contributed by atoms with Gasteiger partial charge in [0.1, 0.15) is 11.3 Å². The SMILES string of the molecule is c1ccc(-c2ccc(-c3nc(-c4ccc(-c5ccccc5)cc4)nc(-c4cccc(-c5nc6cc(-c7ccccc7)ccc6c6c5oc5ccccc56)c4)n3)cc2)cc1. The van der Waals surface area contributed by atoms with Crippen molar-refractivity contribution in [2.24, 2.45) is 0 Å². The van der Waals surface area contributed by atoms with Gasteiger partial charge >= 0.3 is 0 Å². The van der Waals surface area contributed by atoms with Crippen molar-refractivity contribution in [2.45, 2.75) is 0 Å². The number of hydrogen-bond donors (Lipinski definition) is 0. The lowest BCUT2D eigenvalue weighted by molar-refractivity contribution is 0.669. The van der Waals surface area contributed by atoms with Gasteiger partial charge in [-0.1, -0.05) is 188 Å². The van der Waals surface area contributed by atoms with E-state index >= 15 is 0 Å². The van der Waals surface area contributed by atoms with Crippen molar-refractivity contribution in [2.75, 3.05) is 0 Å². The Labute approximate surface area is 341 Å². The molecule has 0 atom stereocenters. The highest BCUT2D eigenvalue weighted by Crippen LogP contribution is 2.41. The Balaban J connectivity index is 1.06. The topological polar surface area (TPSA) is 64.7 Å². The van der Waals surface area contributed by atoms with Gasteiger partial charge in [-0.15, -0.1) is 0 Å². The molecule has 11 rings (SSSR count). The maximum absolute atomic E-state index is 6.64. The van der Waals surface area contributed by atoms with Gasteiger partial charge in [-0.05, 0) is 51.6 Å². The highest BCUT2D eigenvalue weighted by molar-refractivity contribution is 6.21. The van der Waals surface area contributed by atoms with E-state index in [1.807, 2.05) is 42.5 Å². The zero-order chi connectivity index (χ0) is 39.1. The van der Waals surface area contributed by atoms with Gasteiger partial charge in [-0.3, -0.25) is 0 Å². The quantitative estimate of drug-likeness (QED) is 0.162. The average molecular weight is 755 g/mol. The summed E-state index contributed by atoms with van der Waals surface area (Å²) in [6, 6.07) is 71.0. The van der Waals surface area contributed by atoms with Gasteiger partial charge in [-0.2, -0.15) is 0 Å². The number of aromatic nitrogens is 4. The molecule has 0 bridgehead atoms. The molecule has 0 fully saturated rings. The zero-order valence-corrected chi connectivity index (χ0v) is 31.8. The third-order valence-corrected chi connectivity index (χ3v) is 10.9. The highest BCUT2D eigenvalue weighted by Gasteiger charge is 2.20. The van der Waals surface area contributed by atoms with Crippen LogP contribution in [0.4, 0.5) is 0 Å². The van der Waals surface area contributed by atoms with E-state index in [2.05, 4.69) is 164 Å². The van der Waals surface area contributed by atoms with Crippen molar-refractivity contribution in [3.05, 3.63) is 206 Å². The summed E-state index contributed by atoms with van der Waals surface area (Å²) in [6.07, 6.45) is 0. The van der Waals surface area contributed by atoms with Crippen molar-refractivity contribution in [3.63, 3.8) is 0 Å². The number of fused-ring (bicyclic) bond motifs is 5. The van der Waals surface area contributed by atoms with Gasteiger partial charge in [0.15, 0.2) is 23.1 Å². The standard InChI is InChI=1S/C54H34N4O/c1-4-13-35(14-5-1)38-23-27-40(28-24-38)52-56-53(41-29-25-39(26-30-41)36-15-6-2-7-16-36)58-54(57-52)44-20-12-19-43(33-44)50-51-49(46-21-10-11-22-48(46)59-51)45-32-31-42(34-47(45)55-50)37-17-8-3-9-18-37/h1-34H. The van der Waals surface area contributed by atoms with Crippen molar-refractivity contribution >= 4 is 32.8 Å². The molecule has 0 aliphatic heterocycles. The molecule has 8 aromatic carbocycles. The Hall–Kier alpha value is -8.02. The molecule has 59 heavy (non-hydrogen) atoms. The molecule has 11 aromatic rings. The molecule has 5 heteroatoms. The highest BCUT2D eigenvalue weighted by atomic mass is 16.3. The van der Waals surface area contributed by atoms with Gasteiger partial charge in [0.25, 0.3) is 0 Å². The molecule has 0 unspecified atom stereocenters. The Morgan fingerprint density at radius 2 is 0.729 bits per heavy atom. The van der Waals surface area contributed by atoms with Gasteiger partial charge in [-0.25, -0.2) is 19.9 Å². The summed E-state index contributed by atoms with van der Waals surface area (Å²) in [5.41, 5.74) is 13.6. The van der Waals surface area contributed by atoms with Crippen LogP contribution in [-0.4, -0.2) is 19.9 Å². The molecule has 0 amide bonds. The summed E-state index contributed by atoms with van der Waals surface area (Å²) in [6.45, 7) is 0. The molecule has 276 valence electrons. The van der Waals surface area contributed by atoms with Crippen LogP contribution in [-0.2, 0) is 0 Å². The molecule has 0 saturated carbocycles. The summed E-state index contributed by atoms with van der Waals surface area (Å²) in [5.74, 6) is 1.76. The fraction of sp³-hybridized carbons (Fsp3) is 0. The van der Waals surface area contributed by atoms with Gasteiger partial charge < -0.3 is 4.42 Å². The van der Waals surface area contributed by atoms with Crippen LogP contribution in [0.15, 0.2) is 211 Å². The minimum absolute atomic E-state index is 0.569. The second-order valence-electron chi connectivity index (χ2n) is 14.6. The minimum atomic E-state index is 0.569. The molecule has 5 nitrogen and oxygen atoms in total. The molecule has 0 aliphatic rings. The first-order chi connectivity index (χ1) is 29.2. The molecular formula is C54H34N4O. The van der Waals surface area contributed by atoms with Gasteiger partial charge in [0, 0.05) is 38.4 Å². The molecular weight excluding hydrogens is 721 g/mol. The average Bonchev–Trinajstić information content (AvgIpc) is 3.72. The first-order valence-electron chi connectivity index (χ1n) is 19.7. The van der Waals surface area contributed by atoms with Crippen LogP contribution in [0.5, 0.6) is 0 Å². The van der Waals surface area contributed by atoms with E-state index in [9.17, 15) is 0 Å². The smallest absolute Gasteiger partial charge is 0.164 e. The maximum atomic E-state index is 6.64. The van der Waals surface area contributed by atoms with E-state index in [0.717, 1.165) is 94.2 Å². The number of furan rings is 1. The van der Waals surface area contributed by atoms with Crippen molar-refractivity contribution in [1.29, 1.82) is 0 Å². The second kappa shape index (κ2) is 14.5.